The minimum Gasteiger partial charge on any atom is -0.376 e. The summed E-state index contributed by atoms with van der Waals surface area (Å²) in [6, 6.07) is 6.21. The lowest BCUT2D eigenvalue weighted by Gasteiger charge is -2.09. The number of hydrogen-bond donors (Lipinski definition) is 1. The van der Waals surface area contributed by atoms with E-state index in [-0.39, 0.29) is 12.0 Å². The van der Waals surface area contributed by atoms with Gasteiger partial charge in [-0.2, -0.15) is 0 Å². The highest BCUT2D eigenvalue weighted by Crippen LogP contribution is 2.29. The first kappa shape index (κ1) is 19.7. The standard InChI is InChI=1S/C21H25N5O2S/c1-12-7-8-16(10-13(12)2)26-15(4)18(24-25-26)21-23-14(3)19(29-21)20(27)22-11-17-6-5-9-28-17/h7-8,10,17H,5-6,9,11H2,1-4H3,(H,22,27). The Morgan fingerprint density at radius 1 is 1.28 bits per heavy atom. The number of carbonyl (C=O) groups excluding carboxylic acids is 1. The monoisotopic (exact) mass is 411 g/mol. The van der Waals surface area contributed by atoms with E-state index in [2.05, 4.69) is 46.6 Å². The van der Waals surface area contributed by atoms with E-state index in [1.165, 1.54) is 22.5 Å². The fourth-order valence-electron chi connectivity index (χ4n) is 3.43. The molecular weight excluding hydrogens is 386 g/mol. The number of carbonyl (C=O) groups is 1. The van der Waals surface area contributed by atoms with Gasteiger partial charge in [0.2, 0.25) is 0 Å². The van der Waals surface area contributed by atoms with E-state index in [0.717, 1.165) is 30.8 Å². The zero-order chi connectivity index (χ0) is 20.5. The Kier molecular flexibility index (Phi) is 5.47. The van der Waals surface area contributed by atoms with Gasteiger partial charge in [0.15, 0.2) is 0 Å². The average Bonchev–Trinajstić information content (AvgIpc) is 3.42. The van der Waals surface area contributed by atoms with Crippen LogP contribution in [0.4, 0.5) is 0 Å². The summed E-state index contributed by atoms with van der Waals surface area (Å²) in [6.45, 7) is 9.30. The van der Waals surface area contributed by atoms with Crippen molar-refractivity contribution >= 4 is 17.2 Å². The van der Waals surface area contributed by atoms with Crippen molar-refractivity contribution in [1.82, 2.24) is 25.3 Å². The van der Waals surface area contributed by atoms with E-state index in [0.29, 0.717) is 27.8 Å². The van der Waals surface area contributed by atoms with Crippen LogP contribution < -0.4 is 5.32 Å². The molecule has 1 amide bonds. The van der Waals surface area contributed by atoms with Gasteiger partial charge in [0, 0.05) is 13.2 Å². The molecule has 0 aliphatic carbocycles. The van der Waals surface area contributed by atoms with Crippen LogP contribution in [0.3, 0.4) is 0 Å². The van der Waals surface area contributed by atoms with Gasteiger partial charge in [-0.05, 0) is 63.8 Å². The molecule has 0 saturated carbocycles. The number of hydrogen-bond acceptors (Lipinski definition) is 6. The molecule has 1 saturated heterocycles. The maximum Gasteiger partial charge on any atom is 0.263 e. The Morgan fingerprint density at radius 3 is 2.83 bits per heavy atom. The van der Waals surface area contributed by atoms with E-state index < -0.39 is 0 Å². The molecule has 0 radical (unpaired) electrons. The summed E-state index contributed by atoms with van der Waals surface area (Å²) in [5.74, 6) is -0.110. The SMILES string of the molecule is Cc1ccc(-n2nnc(-c3nc(C)c(C(=O)NCC4CCCO4)s3)c2C)cc1C. The van der Waals surface area contributed by atoms with Crippen molar-refractivity contribution in [1.29, 1.82) is 0 Å². The van der Waals surface area contributed by atoms with Gasteiger partial charge in [-0.3, -0.25) is 4.79 Å². The molecule has 1 N–H and O–H groups in total. The minimum atomic E-state index is -0.110. The molecule has 1 aromatic carbocycles. The number of benzene rings is 1. The van der Waals surface area contributed by atoms with E-state index in [4.69, 9.17) is 4.74 Å². The molecule has 29 heavy (non-hydrogen) atoms. The lowest BCUT2D eigenvalue weighted by atomic mass is 10.1. The maximum atomic E-state index is 12.6. The molecule has 0 spiro atoms. The highest BCUT2D eigenvalue weighted by atomic mass is 32.1. The maximum absolute atomic E-state index is 12.6. The quantitative estimate of drug-likeness (QED) is 0.694. The third-order valence-electron chi connectivity index (χ3n) is 5.35. The first-order chi connectivity index (χ1) is 13.9. The molecule has 1 unspecified atom stereocenters. The number of aryl methyl sites for hydroxylation is 3. The Hall–Kier alpha value is -2.58. The number of ether oxygens (including phenoxy) is 1. The van der Waals surface area contributed by atoms with Crippen molar-refractivity contribution in [2.24, 2.45) is 0 Å². The lowest BCUT2D eigenvalue weighted by Crippen LogP contribution is -2.31. The second-order valence-corrected chi connectivity index (χ2v) is 8.48. The third kappa shape index (κ3) is 3.95. The highest BCUT2D eigenvalue weighted by Gasteiger charge is 2.22. The van der Waals surface area contributed by atoms with E-state index in [1.807, 2.05) is 24.6 Å². The van der Waals surface area contributed by atoms with E-state index in [9.17, 15) is 4.79 Å². The second-order valence-electron chi connectivity index (χ2n) is 7.48. The predicted octanol–water partition coefficient (Wildman–Crippen LogP) is 3.53. The fraction of sp³-hybridized carbons (Fsp3) is 0.429. The van der Waals surface area contributed by atoms with Crippen LogP contribution in [0.1, 0.15) is 45.0 Å². The van der Waals surface area contributed by atoms with Crippen LogP contribution in [0, 0.1) is 27.7 Å². The number of nitrogens with zero attached hydrogens (tertiary/aromatic N) is 4. The summed E-state index contributed by atoms with van der Waals surface area (Å²) in [7, 11) is 0. The van der Waals surface area contributed by atoms with Crippen LogP contribution in [-0.4, -0.2) is 45.1 Å². The number of rotatable bonds is 5. The molecule has 3 heterocycles. The summed E-state index contributed by atoms with van der Waals surface area (Å²) in [4.78, 5) is 17.8. The van der Waals surface area contributed by atoms with Gasteiger partial charge in [0.05, 0.1) is 23.2 Å². The van der Waals surface area contributed by atoms with Gasteiger partial charge in [-0.15, -0.1) is 16.4 Å². The predicted molar refractivity (Wildman–Crippen MR) is 113 cm³/mol. The number of amides is 1. The molecule has 4 rings (SSSR count). The van der Waals surface area contributed by atoms with Crippen molar-refractivity contribution in [3.63, 3.8) is 0 Å². The van der Waals surface area contributed by atoms with Gasteiger partial charge in [-0.25, -0.2) is 9.67 Å². The smallest absolute Gasteiger partial charge is 0.263 e. The Labute approximate surface area is 174 Å². The Balaban J connectivity index is 1.56. The molecule has 2 aromatic heterocycles. The normalized spacial score (nSPS) is 16.3. The molecule has 152 valence electrons. The van der Waals surface area contributed by atoms with Crippen molar-refractivity contribution in [3.05, 3.63) is 45.6 Å². The zero-order valence-electron chi connectivity index (χ0n) is 17.2. The number of nitrogens with one attached hydrogen (secondary N) is 1. The lowest BCUT2D eigenvalue weighted by molar-refractivity contribution is 0.0860. The van der Waals surface area contributed by atoms with E-state index >= 15 is 0 Å². The van der Waals surface area contributed by atoms with Crippen LogP contribution in [0.15, 0.2) is 18.2 Å². The van der Waals surface area contributed by atoms with Crippen LogP contribution >= 0.6 is 11.3 Å². The van der Waals surface area contributed by atoms with Gasteiger partial charge < -0.3 is 10.1 Å². The molecular formula is C21H25N5O2S. The Bertz CT molecular complexity index is 1050. The molecule has 1 aliphatic rings. The number of aromatic nitrogens is 4. The summed E-state index contributed by atoms with van der Waals surface area (Å²) >= 11 is 1.35. The van der Waals surface area contributed by atoms with Gasteiger partial charge in [-0.1, -0.05) is 11.3 Å². The largest absolute Gasteiger partial charge is 0.376 e. The molecule has 1 aliphatic heterocycles. The molecule has 1 fully saturated rings. The molecule has 0 bridgehead atoms. The summed E-state index contributed by atoms with van der Waals surface area (Å²) in [5.41, 5.74) is 5.71. The first-order valence-corrected chi connectivity index (χ1v) is 10.6. The van der Waals surface area contributed by atoms with Crippen LogP contribution in [-0.2, 0) is 4.74 Å². The topological polar surface area (TPSA) is 81.9 Å². The molecule has 1 atom stereocenters. The second kappa shape index (κ2) is 8.04. The number of thiazole rings is 1. The van der Waals surface area contributed by atoms with E-state index in [1.54, 1.807) is 0 Å². The average molecular weight is 412 g/mol. The first-order valence-electron chi connectivity index (χ1n) is 9.81. The summed E-state index contributed by atoms with van der Waals surface area (Å²) < 4.78 is 7.39. The summed E-state index contributed by atoms with van der Waals surface area (Å²) in [5, 5.41) is 12.3. The molecule has 3 aromatic rings. The van der Waals surface area contributed by atoms with Crippen LogP contribution in [0.25, 0.3) is 16.4 Å². The van der Waals surface area contributed by atoms with Gasteiger partial charge >= 0.3 is 0 Å². The molecule has 7 nitrogen and oxygen atoms in total. The van der Waals surface area contributed by atoms with Crippen LogP contribution in [0.5, 0.6) is 0 Å². The summed E-state index contributed by atoms with van der Waals surface area (Å²) in [6.07, 6.45) is 2.17. The zero-order valence-corrected chi connectivity index (χ0v) is 18.0. The molecule has 8 heteroatoms. The Morgan fingerprint density at radius 2 is 2.10 bits per heavy atom. The van der Waals surface area contributed by atoms with Crippen molar-refractivity contribution in [2.45, 2.75) is 46.6 Å². The van der Waals surface area contributed by atoms with Crippen LogP contribution in [0.2, 0.25) is 0 Å². The van der Waals surface area contributed by atoms with Crippen molar-refractivity contribution in [2.75, 3.05) is 13.2 Å². The highest BCUT2D eigenvalue weighted by molar-refractivity contribution is 7.17. The van der Waals surface area contributed by atoms with Crippen molar-refractivity contribution < 1.29 is 9.53 Å². The third-order valence-corrected chi connectivity index (χ3v) is 6.51. The van der Waals surface area contributed by atoms with Crippen molar-refractivity contribution in [3.8, 4) is 16.4 Å². The van der Waals surface area contributed by atoms with Gasteiger partial charge in [0.25, 0.3) is 5.91 Å². The minimum absolute atomic E-state index is 0.110. The fourth-order valence-corrected chi connectivity index (χ4v) is 4.45. The van der Waals surface area contributed by atoms with Gasteiger partial charge in [0.1, 0.15) is 15.6 Å².